The lowest BCUT2D eigenvalue weighted by Gasteiger charge is -2.11. The summed E-state index contributed by atoms with van der Waals surface area (Å²) in [6.07, 6.45) is 1.17. The first-order chi connectivity index (χ1) is 8.40. The Bertz CT molecular complexity index is 249. The molecule has 10 N–H and O–H groups in total. The van der Waals surface area contributed by atoms with E-state index in [4.69, 9.17) is 21.1 Å². The zero-order chi connectivity index (χ0) is 14.6. The van der Waals surface area contributed by atoms with Gasteiger partial charge in [-0.1, -0.05) is 6.92 Å². The number of thiol groups is 1. The van der Waals surface area contributed by atoms with E-state index in [0.717, 1.165) is 6.42 Å². The van der Waals surface area contributed by atoms with E-state index in [0.29, 0.717) is 6.54 Å². The van der Waals surface area contributed by atoms with E-state index < -0.39 is 24.0 Å². The van der Waals surface area contributed by atoms with Gasteiger partial charge in [-0.25, -0.2) is 0 Å². The molecule has 0 aliphatic rings. The van der Waals surface area contributed by atoms with Crippen molar-refractivity contribution < 1.29 is 35.9 Å². The molecule has 2 atom stereocenters. The average Bonchev–Trinajstić information content (AvgIpc) is 2.33. The fraction of sp³-hybridized carbons (Fsp3) is 0.800. The number of nitrogens with two attached hydrogens (primary N) is 1. The van der Waals surface area contributed by atoms with E-state index >= 15 is 0 Å². The molecule has 0 rings (SSSR count). The van der Waals surface area contributed by atoms with Crippen LogP contribution in [0.15, 0.2) is 0 Å². The molecule has 11 heteroatoms. The van der Waals surface area contributed by atoms with Crippen molar-refractivity contribution in [2.45, 2.75) is 31.8 Å². The second-order valence-corrected chi connectivity index (χ2v) is 3.85. The average molecular weight is 355 g/mol. The van der Waals surface area contributed by atoms with Crippen LogP contribution < -0.4 is 11.1 Å². The van der Waals surface area contributed by atoms with Crippen molar-refractivity contribution in [3.05, 3.63) is 0 Å². The minimum atomic E-state index is -1.00. The van der Waals surface area contributed by atoms with Crippen molar-refractivity contribution in [2.24, 2.45) is 5.73 Å². The molecule has 0 heterocycles. The Morgan fingerprint density at radius 2 is 1.71 bits per heavy atom. The van der Waals surface area contributed by atoms with Gasteiger partial charge in [0.25, 0.3) is 0 Å². The highest BCUT2D eigenvalue weighted by molar-refractivity contribution is 7.80. The number of carbonyl (C=O) groups is 2. The van der Waals surface area contributed by atoms with Crippen LogP contribution in [0.2, 0.25) is 0 Å². The van der Waals surface area contributed by atoms with Crippen LogP contribution in [0.1, 0.15) is 19.8 Å². The zero-order valence-corrected chi connectivity index (χ0v) is 13.5. The van der Waals surface area contributed by atoms with Crippen LogP contribution in [0, 0.1) is 0 Å². The minimum absolute atomic E-state index is 0. The predicted molar refractivity (Wildman–Crippen MR) is 85.4 cm³/mol. The molecule has 0 aliphatic heterocycles. The highest BCUT2D eigenvalue weighted by Crippen LogP contribution is 1.90. The Labute approximate surface area is 135 Å². The SMILES string of the molecule is CCCNC(CCO)C(=O)O.Cl.NC(CS)C(=O)O.O.O. The summed E-state index contributed by atoms with van der Waals surface area (Å²) in [6.45, 7) is 2.55. The molecular formula is C10H27ClN2O7S. The maximum absolute atomic E-state index is 10.4. The summed E-state index contributed by atoms with van der Waals surface area (Å²) in [5, 5.41) is 27.9. The fourth-order valence-electron chi connectivity index (χ4n) is 0.839. The molecule has 2 unspecified atom stereocenters. The standard InChI is InChI=1S/C7H15NO3.C3H7NO2S.ClH.2H2O/c1-2-4-8-6(3-5-9)7(10)11;4-2(1-7)3(5)6;;;/h6,8-9H,2-5H2,1H3,(H,10,11);2,7H,1,4H2,(H,5,6);1H;2*1H2. The number of rotatable bonds is 8. The minimum Gasteiger partial charge on any atom is -0.480 e. The second-order valence-electron chi connectivity index (χ2n) is 3.48. The van der Waals surface area contributed by atoms with Crippen molar-refractivity contribution in [2.75, 3.05) is 18.9 Å². The van der Waals surface area contributed by atoms with Gasteiger partial charge in [0, 0.05) is 12.4 Å². The van der Waals surface area contributed by atoms with Gasteiger partial charge in [0.15, 0.2) is 0 Å². The number of nitrogens with one attached hydrogen (secondary N) is 1. The van der Waals surface area contributed by atoms with Gasteiger partial charge in [0.2, 0.25) is 0 Å². The second kappa shape index (κ2) is 21.7. The Hall–Kier alpha value is -0.620. The number of carboxylic acid groups (broad SMARTS) is 2. The van der Waals surface area contributed by atoms with Gasteiger partial charge >= 0.3 is 11.9 Å². The van der Waals surface area contributed by atoms with Crippen LogP contribution in [0.5, 0.6) is 0 Å². The first-order valence-electron chi connectivity index (χ1n) is 5.56. The van der Waals surface area contributed by atoms with Crippen LogP contribution in [0.25, 0.3) is 0 Å². The van der Waals surface area contributed by atoms with E-state index in [1.54, 1.807) is 0 Å². The number of aliphatic hydroxyl groups is 1. The molecule has 0 aliphatic carbocycles. The number of hydrogen-bond donors (Lipinski definition) is 6. The van der Waals surface area contributed by atoms with Crippen LogP contribution in [0.3, 0.4) is 0 Å². The van der Waals surface area contributed by atoms with Gasteiger partial charge in [-0.3, -0.25) is 9.59 Å². The summed E-state index contributed by atoms with van der Waals surface area (Å²) in [5.74, 6) is -1.71. The number of aliphatic carboxylic acids is 2. The topological polar surface area (TPSA) is 196 Å². The predicted octanol–water partition coefficient (Wildman–Crippen LogP) is -2.08. The molecule has 0 saturated carbocycles. The maximum atomic E-state index is 10.4. The molecular weight excluding hydrogens is 328 g/mol. The lowest BCUT2D eigenvalue weighted by molar-refractivity contribution is -0.140. The summed E-state index contributed by atoms with van der Waals surface area (Å²) >= 11 is 3.65. The smallest absolute Gasteiger partial charge is 0.321 e. The van der Waals surface area contributed by atoms with E-state index in [-0.39, 0.29) is 42.1 Å². The quantitative estimate of drug-likeness (QED) is 0.269. The summed E-state index contributed by atoms with van der Waals surface area (Å²) in [7, 11) is 0. The monoisotopic (exact) mass is 354 g/mol. The van der Waals surface area contributed by atoms with E-state index in [9.17, 15) is 9.59 Å². The molecule has 0 amide bonds. The van der Waals surface area contributed by atoms with Crippen molar-refractivity contribution >= 4 is 37.0 Å². The lowest BCUT2D eigenvalue weighted by Crippen LogP contribution is -2.37. The number of halogens is 1. The van der Waals surface area contributed by atoms with Gasteiger partial charge in [0.05, 0.1) is 0 Å². The van der Waals surface area contributed by atoms with Gasteiger partial charge in [0.1, 0.15) is 12.1 Å². The van der Waals surface area contributed by atoms with Gasteiger partial charge in [-0.05, 0) is 19.4 Å². The van der Waals surface area contributed by atoms with Crippen LogP contribution in [-0.4, -0.2) is 69.2 Å². The molecule has 0 aromatic heterocycles. The Kier molecular flexibility index (Phi) is 33.4. The summed E-state index contributed by atoms with van der Waals surface area (Å²) < 4.78 is 0. The number of hydrogen-bond acceptors (Lipinski definition) is 6. The third kappa shape index (κ3) is 21.8. The number of aliphatic hydroxyl groups excluding tert-OH is 1. The normalized spacial score (nSPS) is 11.2. The molecule has 0 radical (unpaired) electrons. The molecule has 0 saturated heterocycles. The van der Waals surface area contributed by atoms with Crippen molar-refractivity contribution in [1.29, 1.82) is 0 Å². The summed E-state index contributed by atoms with van der Waals surface area (Å²) in [5.41, 5.74) is 4.94. The van der Waals surface area contributed by atoms with Crippen LogP contribution in [-0.2, 0) is 9.59 Å². The fourth-order valence-corrected chi connectivity index (χ4v) is 0.995. The summed E-state index contributed by atoms with van der Waals surface area (Å²) in [4.78, 5) is 20.2. The van der Waals surface area contributed by atoms with Crippen molar-refractivity contribution in [3.8, 4) is 0 Å². The van der Waals surface area contributed by atoms with E-state index in [1.165, 1.54) is 0 Å². The Morgan fingerprint density at radius 3 is 1.90 bits per heavy atom. The van der Waals surface area contributed by atoms with E-state index in [1.807, 2.05) is 6.92 Å². The van der Waals surface area contributed by atoms with Gasteiger partial charge in [-0.15, -0.1) is 12.4 Å². The molecule has 132 valence electrons. The first kappa shape index (κ1) is 32.4. The third-order valence-electron chi connectivity index (χ3n) is 1.87. The Morgan fingerprint density at radius 1 is 1.24 bits per heavy atom. The molecule has 0 spiro atoms. The maximum Gasteiger partial charge on any atom is 0.321 e. The molecule has 9 nitrogen and oxygen atoms in total. The van der Waals surface area contributed by atoms with Crippen molar-refractivity contribution in [3.63, 3.8) is 0 Å². The molecule has 0 aromatic carbocycles. The molecule has 0 bridgehead atoms. The highest BCUT2D eigenvalue weighted by atomic mass is 35.5. The number of carboxylic acids is 2. The first-order valence-corrected chi connectivity index (χ1v) is 6.20. The molecule has 21 heavy (non-hydrogen) atoms. The van der Waals surface area contributed by atoms with Gasteiger partial charge in [-0.2, -0.15) is 12.6 Å². The molecule has 0 aromatic rings. The van der Waals surface area contributed by atoms with Gasteiger partial charge < -0.3 is 37.3 Å². The Balaban J connectivity index is -0.0000000762. The van der Waals surface area contributed by atoms with Crippen LogP contribution >= 0.6 is 25.0 Å². The lowest BCUT2D eigenvalue weighted by atomic mass is 10.2. The zero-order valence-electron chi connectivity index (χ0n) is 11.8. The highest BCUT2D eigenvalue weighted by Gasteiger charge is 2.14. The molecule has 0 fully saturated rings. The third-order valence-corrected chi connectivity index (χ3v) is 2.26. The van der Waals surface area contributed by atoms with Crippen molar-refractivity contribution in [1.82, 2.24) is 5.32 Å². The van der Waals surface area contributed by atoms with Crippen LogP contribution in [0.4, 0.5) is 0 Å². The summed E-state index contributed by atoms with van der Waals surface area (Å²) in [6, 6.07) is -1.41. The largest absolute Gasteiger partial charge is 0.480 e. The van der Waals surface area contributed by atoms with E-state index in [2.05, 4.69) is 17.9 Å².